The molecular formula is C20H23F3N4O3S. The molecule has 0 radical (unpaired) electrons. The van der Waals surface area contributed by atoms with Crippen LogP contribution in [0.5, 0.6) is 0 Å². The lowest BCUT2D eigenvalue weighted by Crippen LogP contribution is -2.51. The van der Waals surface area contributed by atoms with Crippen molar-refractivity contribution in [2.45, 2.75) is 44.5 Å². The third kappa shape index (κ3) is 4.15. The number of rotatable bonds is 3. The molecule has 1 N–H and O–H groups in total. The smallest absolute Gasteiger partial charge is 0.417 e. The molecule has 31 heavy (non-hydrogen) atoms. The average Bonchev–Trinajstić information content (AvgIpc) is 3.15. The molecular weight excluding hydrogens is 433 g/mol. The van der Waals surface area contributed by atoms with Gasteiger partial charge in [-0.2, -0.15) is 13.2 Å². The summed E-state index contributed by atoms with van der Waals surface area (Å²) in [6.45, 7) is 3.47. The summed E-state index contributed by atoms with van der Waals surface area (Å²) in [6.07, 6.45) is -3.21. The van der Waals surface area contributed by atoms with Crippen LogP contribution < -0.4 is 10.2 Å². The molecule has 0 unspecified atom stereocenters. The molecule has 0 saturated carbocycles. The van der Waals surface area contributed by atoms with Gasteiger partial charge in [-0.25, -0.2) is 9.78 Å². The number of ether oxygens (including phenoxy) is 1. The Morgan fingerprint density at radius 3 is 2.48 bits per heavy atom. The number of hydrogen-bond acceptors (Lipinski definition) is 6. The zero-order valence-electron chi connectivity index (χ0n) is 17.2. The number of carbonyl (C=O) groups excluding carboxylic acids is 2. The van der Waals surface area contributed by atoms with Crippen LogP contribution in [-0.4, -0.2) is 60.7 Å². The van der Waals surface area contributed by atoms with E-state index in [4.69, 9.17) is 4.74 Å². The fourth-order valence-corrected chi connectivity index (χ4v) is 4.89. The third-order valence-electron chi connectivity index (χ3n) is 5.87. The molecule has 168 valence electrons. The number of pyridine rings is 1. The van der Waals surface area contributed by atoms with E-state index in [1.165, 1.54) is 12.4 Å². The summed E-state index contributed by atoms with van der Waals surface area (Å²) in [5.74, 6) is -0.306. The maximum atomic E-state index is 13.7. The minimum Gasteiger partial charge on any atom is -0.446 e. The van der Waals surface area contributed by atoms with Gasteiger partial charge < -0.3 is 19.9 Å². The molecule has 2 amide bonds. The molecule has 2 saturated heterocycles. The summed E-state index contributed by atoms with van der Waals surface area (Å²) in [7, 11) is 1.42. The lowest BCUT2D eigenvalue weighted by molar-refractivity contribution is -0.136. The van der Waals surface area contributed by atoms with Crippen molar-refractivity contribution in [2.75, 3.05) is 31.6 Å². The van der Waals surface area contributed by atoms with Crippen LogP contribution in [0, 0.1) is 0 Å². The van der Waals surface area contributed by atoms with E-state index in [0.29, 0.717) is 32.5 Å². The van der Waals surface area contributed by atoms with E-state index in [2.05, 4.69) is 10.3 Å². The van der Waals surface area contributed by atoms with Gasteiger partial charge in [0.15, 0.2) is 0 Å². The number of nitrogens with zero attached hydrogens (tertiary/aromatic N) is 3. The molecule has 4 heterocycles. The zero-order chi connectivity index (χ0) is 22.3. The van der Waals surface area contributed by atoms with Crippen molar-refractivity contribution in [2.24, 2.45) is 0 Å². The van der Waals surface area contributed by atoms with Crippen LogP contribution >= 0.6 is 11.3 Å². The highest BCUT2D eigenvalue weighted by Gasteiger charge is 2.37. The highest BCUT2D eigenvalue weighted by atomic mass is 32.1. The van der Waals surface area contributed by atoms with Crippen LogP contribution in [0.1, 0.15) is 42.1 Å². The van der Waals surface area contributed by atoms with Crippen molar-refractivity contribution in [1.82, 2.24) is 15.2 Å². The van der Waals surface area contributed by atoms with E-state index in [-0.39, 0.29) is 39.8 Å². The molecule has 0 aromatic carbocycles. The van der Waals surface area contributed by atoms with Gasteiger partial charge in [0, 0.05) is 50.9 Å². The highest BCUT2D eigenvalue weighted by Crippen LogP contribution is 2.40. The number of fused-ring (bicyclic) bond motifs is 1. The van der Waals surface area contributed by atoms with Crippen molar-refractivity contribution in [1.29, 1.82) is 0 Å². The van der Waals surface area contributed by atoms with E-state index in [9.17, 15) is 22.8 Å². The van der Waals surface area contributed by atoms with Crippen molar-refractivity contribution in [3.8, 4) is 0 Å². The lowest BCUT2D eigenvalue weighted by Gasteiger charge is -2.39. The van der Waals surface area contributed by atoms with E-state index in [1.807, 2.05) is 6.92 Å². The number of carbonyl (C=O) groups is 2. The zero-order valence-corrected chi connectivity index (χ0v) is 18.0. The van der Waals surface area contributed by atoms with Gasteiger partial charge in [-0.15, -0.1) is 11.3 Å². The largest absolute Gasteiger partial charge is 0.446 e. The van der Waals surface area contributed by atoms with Gasteiger partial charge in [-0.3, -0.25) is 4.79 Å². The molecule has 1 atom stereocenters. The molecule has 2 aromatic rings. The van der Waals surface area contributed by atoms with Gasteiger partial charge >= 0.3 is 12.3 Å². The Balaban J connectivity index is 1.54. The first-order valence-corrected chi connectivity index (χ1v) is 11.0. The van der Waals surface area contributed by atoms with E-state index < -0.39 is 17.6 Å². The Labute approximate surface area is 181 Å². The maximum absolute atomic E-state index is 13.7. The second-order valence-corrected chi connectivity index (χ2v) is 8.71. The molecule has 11 heteroatoms. The van der Waals surface area contributed by atoms with E-state index in [1.54, 1.807) is 9.80 Å². The summed E-state index contributed by atoms with van der Waals surface area (Å²) in [5.41, 5.74) is -0.621. The Kier molecular flexibility index (Phi) is 5.71. The first kappa shape index (κ1) is 21.7. The number of likely N-dealkylation sites (tertiary alicyclic amines) is 1. The second-order valence-electron chi connectivity index (χ2n) is 7.83. The predicted octanol–water partition coefficient (Wildman–Crippen LogP) is 3.87. The number of alkyl halides is 3. The summed E-state index contributed by atoms with van der Waals surface area (Å²) >= 11 is 0.860. The first-order chi connectivity index (χ1) is 14.7. The fraction of sp³-hybridized carbons (Fsp3) is 0.550. The summed E-state index contributed by atoms with van der Waals surface area (Å²) in [5, 5.41) is 3.84. The Morgan fingerprint density at radius 2 is 1.94 bits per heavy atom. The van der Waals surface area contributed by atoms with Crippen LogP contribution in [0.4, 0.5) is 23.8 Å². The van der Waals surface area contributed by atoms with Crippen LogP contribution in [0.3, 0.4) is 0 Å². The van der Waals surface area contributed by atoms with E-state index in [0.717, 1.165) is 23.8 Å². The summed E-state index contributed by atoms with van der Waals surface area (Å²) < 4.78 is 46.6. The molecule has 2 fully saturated rings. The van der Waals surface area contributed by atoms with Gasteiger partial charge in [0.05, 0.1) is 21.3 Å². The molecule has 7 nitrogen and oxygen atoms in total. The molecule has 2 aliphatic heterocycles. The second kappa shape index (κ2) is 8.18. The van der Waals surface area contributed by atoms with Crippen LogP contribution in [0.25, 0.3) is 10.2 Å². The predicted molar refractivity (Wildman–Crippen MR) is 111 cm³/mol. The number of amides is 2. The highest BCUT2D eigenvalue weighted by molar-refractivity contribution is 7.17. The van der Waals surface area contributed by atoms with Gasteiger partial charge in [-0.1, -0.05) is 0 Å². The normalized spacial score (nSPS) is 20.0. The SMILES string of the molecule is CNC(=O)c1csc2c(C(F)(F)F)cc(N3CCC(OC(=O)N4CC[C@@H]4C)CC3)nc12. The summed E-state index contributed by atoms with van der Waals surface area (Å²) in [6, 6.07) is 1.23. The van der Waals surface area contributed by atoms with Crippen LogP contribution in [-0.2, 0) is 10.9 Å². The number of piperidine rings is 1. The number of halogens is 3. The fourth-order valence-electron chi connectivity index (χ4n) is 3.86. The third-order valence-corrected chi connectivity index (χ3v) is 6.88. The lowest BCUT2D eigenvalue weighted by atomic mass is 10.1. The molecule has 0 bridgehead atoms. The minimum atomic E-state index is -4.57. The monoisotopic (exact) mass is 456 g/mol. The average molecular weight is 456 g/mol. The van der Waals surface area contributed by atoms with Crippen molar-refractivity contribution in [3.63, 3.8) is 0 Å². The van der Waals surface area contributed by atoms with Crippen molar-refractivity contribution >= 4 is 39.4 Å². The molecule has 4 rings (SSSR count). The van der Waals surface area contributed by atoms with Gasteiger partial charge in [0.2, 0.25) is 0 Å². The van der Waals surface area contributed by atoms with Gasteiger partial charge in [0.25, 0.3) is 5.91 Å². The topological polar surface area (TPSA) is 74.8 Å². The Morgan fingerprint density at radius 1 is 1.23 bits per heavy atom. The number of nitrogens with one attached hydrogen (secondary N) is 1. The maximum Gasteiger partial charge on any atom is 0.417 e. The molecule has 2 aromatic heterocycles. The van der Waals surface area contributed by atoms with Crippen LogP contribution in [0.2, 0.25) is 0 Å². The Hall–Kier alpha value is -2.56. The number of aromatic nitrogens is 1. The quantitative estimate of drug-likeness (QED) is 0.759. The van der Waals surface area contributed by atoms with Crippen molar-refractivity contribution < 1.29 is 27.5 Å². The van der Waals surface area contributed by atoms with Crippen molar-refractivity contribution in [3.05, 3.63) is 22.6 Å². The van der Waals surface area contributed by atoms with Gasteiger partial charge in [0.1, 0.15) is 11.9 Å². The minimum absolute atomic E-state index is 0.0505. The molecule has 0 spiro atoms. The van der Waals surface area contributed by atoms with E-state index >= 15 is 0 Å². The molecule has 2 aliphatic rings. The van der Waals surface area contributed by atoms with Crippen LogP contribution in [0.15, 0.2) is 11.4 Å². The number of hydrogen-bond donors (Lipinski definition) is 1. The first-order valence-electron chi connectivity index (χ1n) is 10.1. The van der Waals surface area contributed by atoms with Gasteiger partial charge in [-0.05, 0) is 19.4 Å². The number of anilines is 1. The number of thiophene rings is 1. The standard InChI is InChI=1S/C20H23F3N4O3S/c1-11-3-8-27(11)19(29)30-12-4-6-26(7-5-12)15-9-14(20(21,22)23)17-16(25-15)13(10-31-17)18(28)24-2/h9-12H,3-8H2,1-2H3,(H,24,28)/t11-/m0/s1. The Bertz CT molecular complexity index is 1000. The molecule has 0 aliphatic carbocycles. The summed E-state index contributed by atoms with van der Waals surface area (Å²) in [4.78, 5) is 32.1.